The molecule has 142 valence electrons. The Morgan fingerprint density at radius 3 is 2.58 bits per heavy atom. The Balaban J connectivity index is 0.00000338. The maximum absolute atomic E-state index is 12.9. The topological polar surface area (TPSA) is 58.5 Å². The second-order valence-corrected chi connectivity index (χ2v) is 6.09. The van der Waals surface area contributed by atoms with Gasteiger partial charge in [-0.3, -0.25) is 4.99 Å². The minimum absolute atomic E-state index is 0. The van der Waals surface area contributed by atoms with Gasteiger partial charge in [-0.05, 0) is 48.2 Å². The van der Waals surface area contributed by atoms with Crippen LogP contribution in [0.3, 0.4) is 0 Å². The average Bonchev–Trinajstić information content (AvgIpc) is 2.60. The molecule has 0 atom stereocenters. The fourth-order valence-corrected chi connectivity index (χ4v) is 2.13. The first-order chi connectivity index (χ1) is 12.1. The third-order valence-corrected chi connectivity index (χ3v) is 3.53. The van der Waals surface area contributed by atoms with Crippen LogP contribution in [0.2, 0.25) is 0 Å². The van der Waals surface area contributed by atoms with E-state index in [1.54, 1.807) is 25.4 Å². The number of benzene rings is 1. The molecule has 2 rings (SSSR count). The van der Waals surface area contributed by atoms with Crippen LogP contribution in [0, 0.1) is 11.7 Å². The Labute approximate surface area is 171 Å². The Morgan fingerprint density at radius 1 is 1.19 bits per heavy atom. The number of aromatic nitrogens is 1. The Morgan fingerprint density at radius 2 is 1.92 bits per heavy atom. The number of rotatable bonds is 7. The first-order valence-corrected chi connectivity index (χ1v) is 8.39. The lowest BCUT2D eigenvalue weighted by Gasteiger charge is -2.13. The zero-order chi connectivity index (χ0) is 18.1. The second kappa shape index (κ2) is 11.7. The zero-order valence-electron chi connectivity index (χ0n) is 15.3. The third-order valence-electron chi connectivity index (χ3n) is 3.53. The molecule has 2 aromatic rings. The molecule has 0 aliphatic heterocycles. The van der Waals surface area contributed by atoms with Crippen LogP contribution in [0.5, 0.6) is 11.6 Å². The lowest BCUT2D eigenvalue weighted by atomic mass is 10.1. The minimum atomic E-state index is -0.297. The van der Waals surface area contributed by atoms with Crippen LogP contribution in [0.4, 0.5) is 4.39 Å². The number of nitrogens with one attached hydrogen (secondary N) is 2. The van der Waals surface area contributed by atoms with Gasteiger partial charge in [-0.25, -0.2) is 9.37 Å². The van der Waals surface area contributed by atoms with Crippen molar-refractivity contribution in [3.63, 3.8) is 0 Å². The highest BCUT2D eigenvalue weighted by Crippen LogP contribution is 2.20. The van der Waals surface area contributed by atoms with Gasteiger partial charge in [0, 0.05) is 32.4 Å². The summed E-state index contributed by atoms with van der Waals surface area (Å²) in [5.41, 5.74) is 1.01. The van der Waals surface area contributed by atoms with E-state index < -0.39 is 0 Å². The molecule has 0 aliphatic carbocycles. The van der Waals surface area contributed by atoms with Crippen molar-refractivity contribution in [1.82, 2.24) is 15.6 Å². The van der Waals surface area contributed by atoms with Gasteiger partial charge in [0.25, 0.3) is 0 Å². The monoisotopic (exact) mass is 472 g/mol. The summed E-state index contributed by atoms with van der Waals surface area (Å²) in [6.45, 7) is 5.87. The largest absolute Gasteiger partial charge is 0.439 e. The molecule has 7 heteroatoms. The van der Waals surface area contributed by atoms with Crippen molar-refractivity contribution in [2.75, 3.05) is 13.6 Å². The van der Waals surface area contributed by atoms with E-state index in [2.05, 4.69) is 34.5 Å². The standard InChI is InChI=1S/C19H25FN4O.HI/c1-14(2)8-10-23-19(21-3)24-13-15-9-11-22-18(12-15)25-17-6-4-16(20)5-7-17;/h4-7,9,11-12,14H,8,10,13H2,1-3H3,(H2,21,23,24);1H. The molecule has 2 N–H and O–H groups in total. The normalized spacial score (nSPS) is 11.0. The molecule has 0 spiro atoms. The number of hydrogen-bond acceptors (Lipinski definition) is 3. The molecular weight excluding hydrogens is 446 g/mol. The van der Waals surface area contributed by atoms with Crippen molar-refractivity contribution in [2.45, 2.75) is 26.8 Å². The van der Waals surface area contributed by atoms with E-state index in [1.165, 1.54) is 12.1 Å². The quantitative estimate of drug-likeness (QED) is 0.358. The lowest BCUT2D eigenvalue weighted by molar-refractivity contribution is 0.460. The van der Waals surface area contributed by atoms with Crippen LogP contribution in [-0.2, 0) is 6.54 Å². The summed E-state index contributed by atoms with van der Waals surface area (Å²) in [5, 5.41) is 6.55. The second-order valence-electron chi connectivity index (χ2n) is 6.09. The fraction of sp³-hybridized carbons (Fsp3) is 0.368. The number of ether oxygens (including phenoxy) is 1. The van der Waals surface area contributed by atoms with Crippen molar-refractivity contribution in [3.8, 4) is 11.6 Å². The number of pyridine rings is 1. The van der Waals surface area contributed by atoms with Gasteiger partial charge in [0.05, 0.1) is 0 Å². The number of hydrogen-bond donors (Lipinski definition) is 2. The molecular formula is C19H26FIN4O. The molecule has 0 saturated carbocycles. The first-order valence-electron chi connectivity index (χ1n) is 8.39. The van der Waals surface area contributed by atoms with Crippen LogP contribution in [0.15, 0.2) is 47.6 Å². The number of nitrogens with zero attached hydrogens (tertiary/aromatic N) is 2. The van der Waals surface area contributed by atoms with Gasteiger partial charge < -0.3 is 15.4 Å². The van der Waals surface area contributed by atoms with Crippen LogP contribution >= 0.6 is 24.0 Å². The average molecular weight is 472 g/mol. The van der Waals surface area contributed by atoms with Gasteiger partial charge in [-0.2, -0.15) is 0 Å². The van der Waals surface area contributed by atoms with Crippen molar-refractivity contribution in [1.29, 1.82) is 0 Å². The predicted molar refractivity (Wildman–Crippen MR) is 114 cm³/mol. The van der Waals surface area contributed by atoms with Crippen molar-refractivity contribution < 1.29 is 9.13 Å². The molecule has 0 radical (unpaired) electrons. The number of halogens is 2. The number of aliphatic imine (C=N–C) groups is 1. The highest BCUT2D eigenvalue weighted by Gasteiger charge is 2.03. The van der Waals surface area contributed by atoms with Crippen molar-refractivity contribution >= 4 is 29.9 Å². The molecule has 0 saturated heterocycles. The zero-order valence-corrected chi connectivity index (χ0v) is 17.7. The van der Waals surface area contributed by atoms with E-state index in [9.17, 15) is 4.39 Å². The molecule has 5 nitrogen and oxygen atoms in total. The summed E-state index contributed by atoms with van der Waals surface area (Å²) < 4.78 is 18.6. The van der Waals surface area contributed by atoms with Crippen LogP contribution in [0.25, 0.3) is 0 Å². The minimum Gasteiger partial charge on any atom is -0.439 e. The molecule has 1 aromatic carbocycles. The first kappa shape index (κ1) is 22.1. The van der Waals surface area contributed by atoms with Gasteiger partial charge >= 0.3 is 0 Å². The van der Waals surface area contributed by atoms with Crippen molar-refractivity contribution in [3.05, 3.63) is 54.0 Å². The highest BCUT2D eigenvalue weighted by atomic mass is 127. The summed E-state index contributed by atoms with van der Waals surface area (Å²) in [5.74, 6) is 2.13. The van der Waals surface area contributed by atoms with Gasteiger partial charge in [0.2, 0.25) is 5.88 Å². The van der Waals surface area contributed by atoms with E-state index >= 15 is 0 Å². The molecule has 0 unspecified atom stereocenters. The van der Waals surface area contributed by atoms with Gasteiger partial charge in [0.15, 0.2) is 5.96 Å². The maximum Gasteiger partial charge on any atom is 0.219 e. The predicted octanol–water partition coefficient (Wildman–Crippen LogP) is 4.34. The van der Waals surface area contributed by atoms with Gasteiger partial charge in [0.1, 0.15) is 11.6 Å². The Kier molecular flexibility index (Phi) is 9.93. The van der Waals surface area contributed by atoms with Crippen molar-refractivity contribution in [2.24, 2.45) is 10.9 Å². The SMILES string of the molecule is CN=C(NCCC(C)C)NCc1ccnc(Oc2ccc(F)cc2)c1.I. The molecule has 0 amide bonds. The molecule has 1 aromatic heterocycles. The summed E-state index contributed by atoms with van der Waals surface area (Å²) >= 11 is 0. The summed E-state index contributed by atoms with van der Waals surface area (Å²) in [6, 6.07) is 9.61. The Hall–Kier alpha value is -1.90. The summed E-state index contributed by atoms with van der Waals surface area (Å²) in [6.07, 6.45) is 2.77. The van der Waals surface area contributed by atoms with E-state index in [0.717, 1.165) is 24.5 Å². The third kappa shape index (κ3) is 7.99. The molecule has 0 aliphatic rings. The molecule has 1 heterocycles. The van der Waals surface area contributed by atoms with Crippen LogP contribution < -0.4 is 15.4 Å². The van der Waals surface area contributed by atoms with E-state index in [4.69, 9.17) is 4.74 Å². The smallest absolute Gasteiger partial charge is 0.219 e. The highest BCUT2D eigenvalue weighted by molar-refractivity contribution is 14.0. The Bertz CT molecular complexity index is 692. The molecule has 0 fully saturated rings. The van der Waals surface area contributed by atoms with E-state index in [1.807, 2.05) is 12.1 Å². The fourth-order valence-electron chi connectivity index (χ4n) is 2.13. The van der Waals surface area contributed by atoms with Gasteiger partial charge in [-0.1, -0.05) is 13.8 Å². The summed E-state index contributed by atoms with van der Waals surface area (Å²) in [4.78, 5) is 8.39. The molecule has 0 bridgehead atoms. The lowest BCUT2D eigenvalue weighted by Crippen LogP contribution is -2.37. The van der Waals surface area contributed by atoms with E-state index in [0.29, 0.717) is 24.1 Å². The molecule has 26 heavy (non-hydrogen) atoms. The number of guanidine groups is 1. The maximum atomic E-state index is 12.9. The van der Waals surface area contributed by atoms with Crippen LogP contribution in [-0.4, -0.2) is 24.5 Å². The van der Waals surface area contributed by atoms with E-state index in [-0.39, 0.29) is 29.8 Å². The summed E-state index contributed by atoms with van der Waals surface area (Å²) in [7, 11) is 1.75. The van der Waals surface area contributed by atoms with Gasteiger partial charge in [-0.15, -0.1) is 24.0 Å². The van der Waals surface area contributed by atoms with Crippen LogP contribution in [0.1, 0.15) is 25.8 Å².